The molecule has 0 amide bonds. The van der Waals surface area contributed by atoms with Crippen LogP contribution < -0.4 is 15.5 Å². The summed E-state index contributed by atoms with van der Waals surface area (Å²) in [5.74, 6) is 0.794. The van der Waals surface area contributed by atoms with Crippen LogP contribution in [0.25, 0.3) is 0 Å². The molecule has 126 valence electrons. The average molecular weight is 303 g/mol. The van der Waals surface area contributed by atoms with E-state index in [4.69, 9.17) is 4.74 Å². The fourth-order valence-electron chi connectivity index (χ4n) is 3.13. The molecular formula is C17H40N3O+3. The molecular weight excluding hydrogens is 262 g/mol. The summed E-state index contributed by atoms with van der Waals surface area (Å²) in [7, 11) is 1.82. The second-order valence-electron chi connectivity index (χ2n) is 7.58. The van der Waals surface area contributed by atoms with Crippen molar-refractivity contribution in [1.82, 2.24) is 0 Å². The van der Waals surface area contributed by atoms with E-state index in [1.807, 2.05) is 7.11 Å². The first-order valence-corrected chi connectivity index (χ1v) is 8.98. The molecule has 0 saturated carbocycles. The standard InChI is InChI=1S/C17H37N3O/c1-15(7-6-8-17(3,4)21-5)16(2)19-11-14-20-12-9-18-10-13-20/h15-16,18-19H,6-14H2,1-5H3/p+3/t15-,16+/m1/s1. The summed E-state index contributed by atoms with van der Waals surface area (Å²) in [6.07, 6.45) is 3.75. The van der Waals surface area contributed by atoms with E-state index in [0.29, 0.717) is 0 Å². The van der Waals surface area contributed by atoms with Crippen LogP contribution >= 0.6 is 0 Å². The molecule has 1 heterocycles. The highest BCUT2D eigenvalue weighted by molar-refractivity contribution is 4.69. The lowest BCUT2D eigenvalue weighted by atomic mass is 9.93. The van der Waals surface area contributed by atoms with Gasteiger partial charge in [0.15, 0.2) is 0 Å². The van der Waals surface area contributed by atoms with Gasteiger partial charge < -0.3 is 20.3 Å². The summed E-state index contributed by atoms with van der Waals surface area (Å²) in [5, 5.41) is 5.01. The number of ether oxygens (including phenoxy) is 1. The van der Waals surface area contributed by atoms with E-state index in [0.717, 1.165) is 18.4 Å². The van der Waals surface area contributed by atoms with E-state index in [1.165, 1.54) is 52.1 Å². The van der Waals surface area contributed by atoms with Crippen LogP contribution in [0.2, 0.25) is 0 Å². The molecule has 1 fully saturated rings. The third-order valence-corrected chi connectivity index (χ3v) is 5.33. The Morgan fingerprint density at radius 1 is 1.24 bits per heavy atom. The second-order valence-corrected chi connectivity index (χ2v) is 7.58. The van der Waals surface area contributed by atoms with Crippen molar-refractivity contribution in [2.24, 2.45) is 5.92 Å². The van der Waals surface area contributed by atoms with Crippen LogP contribution in [0.5, 0.6) is 0 Å². The lowest BCUT2D eigenvalue weighted by Gasteiger charge is -2.25. The number of hydrogen-bond donors (Lipinski definition) is 3. The Balaban J connectivity index is 2.08. The zero-order valence-electron chi connectivity index (χ0n) is 15.1. The zero-order chi connectivity index (χ0) is 15.7. The predicted octanol–water partition coefficient (Wildman–Crippen LogP) is -1.37. The van der Waals surface area contributed by atoms with Crippen LogP contribution in [-0.4, -0.2) is 58.0 Å². The van der Waals surface area contributed by atoms with E-state index >= 15 is 0 Å². The monoisotopic (exact) mass is 302 g/mol. The first kappa shape index (κ1) is 18.9. The van der Waals surface area contributed by atoms with Crippen LogP contribution in [0.3, 0.4) is 0 Å². The maximum absolute atomic E-state index is 5.50. The van der Waals surface area contributed by atoms with Gasteiger partial charge in [-0.15, -0.1) is 0 Å². The molecule has 5 N–H and O–H groups in total. The van der Waals surface area contributed by atoms with Gasteiger partial charge in [0.25, 0.3) is 0 Å². The van der Waals surface area contributed by atoms with Crippen molar-refractivity contribution in [3.63, 3.8) is 0 Å². The number of piperazine rings is 1. The van der Waals surface area contributed by atoms with Gasteiger partial charge in [-0.3, -0.25) is 0 Å². The highest BCUT2D eigenvalue weighted by atomic mass is 16.5. The smallest absolute Gasteiger partial charge is 0.127 e. The first-order chi connectivity index (χ1) is 9.94. The predicted molar refractivity (Wildman–Crippen MR) is 87.6 cm³/mol. The minimum atomic E-state index is 0.0430. The summed E-state index contributed by atoms with van der Waals surface area (Å²) in [5.41, 5.74) is 0.0430. The van der Waals surface area contributed by atoms with Gasteiger partial charge in [0.05, 0.1) is 11.6 Å². The Kier molecular flexibility index (Phi) is 8.79. The van der Waals surface area contributed by atoms with Gasteiger partial charge in [-0.25, -0.2) is 0 Å². The lowest BCUT2D eigenvalue weighted by molar-refractivity contribution is -0.955. The molecule has 4 nitrogen and oxygen atoms in total. The molecule has 0 aromatic rings. The molecule has 1 saturated heterocycles. The molecule has 0 aliphatic carbocycles. The molecule has 0 unspecified atom stereocenters. The van der Waals surface area contributed by atoms with Crippen molar-refractivity contribution in [1.29, 1.82) is 0 Å². The molecule has 4 heteroatoms. The number of hydrogen-bond acceptors (Lipinski definition) is 1. The molecule has 0 bridgehead atoms. The molecule has 2 atom stereocenters. The minimum absolute atomic E-state index is 0.0430. The van der Waals surface area contributed by atoms with Gasteiger partial charge in [-0.05, 0) is 33.6 Å². The van der Waals surface area contributed by atoms with E-state index in [2.05, 4.69) is 38.3 Å². The normalized spacial score (nSPS) is 20.4. The SMILES string of the molecule is COC(C)(C)CCC[C@@H](C)[C@H](C)[NH2+]CC[NH+]1CC[NH2+]CC1. The molecule has 1 aliphatic rings. The Morgan fingerprint density at radius 3 is 2.52 bits per heavy atom. The van der Waals surface area contributed by atoms with Gasteiger partial charge in [0.1, 0.15) is 39.3 Å². The molecule has 1 rings (SSSR count). The molecule has 0 aromatic heterocycles. The third-order valence-electron chi connectivity index (χ3n) is 5.33. The van der Waals surface area contributed by atoms with Crippen molar-refractivity contribution in [2.75, 3.05) is 46.4 Å². The van der Waals surface area contributed by atoms with E-state index in [9.17, 15) is 0 Å². The largest absolute Gasteiger partial charge is 0.379 e. The summed E-state index contributed by atoms with van der Waals surface area (Å²) < 4.78 is 5.50. The summed E-state index contributed by atoms with van der Waals surface area (Å²) in [6, 6.07) is 0.742. The van der Waals surface area contributed by atoms with Gasteiger partial charge in [0.2, 0.25) is 0 Å². The Bertz CT molecular complexity index is 265. The number of rotatable bonds is 10. The Hall–Kier alpha value is -0.160. The first-order valence-electron chi connectivity index (χ1n) is 8.98. The maximum atomic E-state index is 5.50. The van der Waals surface area contributed by atoms with Gasteiger partial charge in [-0.1, -0.05) is 13.3 Å². The quantitative estimate of drug-likeness (QED) is 0.458. The van der Waals surface area contributed by atoms with Crippen molar-refractivity contribution >= 4 is 0 Å². The van der Waals surface area contributed by atoms with Crippen molar-refractivity contribution in [3.05, 3.63) is 0 Å². The van der Waals surface area contributed by atoms with Crippen molar-refractivity contribution in [3.8, 4) is 0 Å². The molecule has 0 spiro atoms. The van der Waals surface area contributed by atoms with Crippen LogP contribution in [0.4, 0.5) is 0 Å². The van der Waals surface area contributed by atoms with E-state index in [-0.39, 0.29) is 5.60 Å². The fourth-order valence-corrected chi connectivity index (χ4v) is 3.13. The molecule has 21 heavy (non-hydrogen) atoms. The fraction of sp³-hybridized carbons (Fsp3) is 1.00. The number of quaternary nitrogens is 3. The number of nitrogens with two attached hydrogens (primary N) is 2. The summed E-state index contributed by atoms with van der Waals surface area (Å²) in [6.45, 7) is 17.1. The second kappa shape index (κ2) is 9.78. The summed E-state index contributed by atoms with van der Waals surface area (Å²) in [4.78, 5) is 1.80. The molecule has 1 aliphatic heterocycles. The van der Waals surface area contributed by atoms with Crippen molar-refractivity contribution in [2.45, 2.75) is 58.6 Å². The van der Waals surface area contributed by atoms with Crippen molar-refractivity contribution < 1.29 is 20.3 Å². The van der Waals surface area contributed by atoms with Crippen LogP contribution in [0.15, 0.2) is 0 Å². The van der Waals surface area contributed by atoms with Crippen LogP contribution in [-0.2, 0) is 4.74 Å². The Morgan fingerprint density at radius 2 is 1.90 bits per heavy atom. The molecule has 0 radical (unpaired) electrons. The van der Waals surface area contributed by atoms with Crippen LogP contribution in [0.1, 0.15) is 47.0 Å². The Labute approximate surface area is 132 Å². The van der Waals surface area contributed by atoms with E-state index in [1.54, 1.807) is 4.90 Å². The highest BCUT2D eigenvalue weighted by Crippen LogP contribution is 2.19. The van der Waals surface area contributed by atoms with Gasteiger partial charge >= 0.3 is 0 Å². The van der Waals surface area contributed by atoms with Gasteiger partial charge in [-0.2, -0.15) is 0 Å². The molecule has 0 aromatic carbocycles. The zero-order valence-corrected chi connectivity index (χ0v) is 15.1. The van der Waals surface area contributed by atoms with Crippen LogP contribution in [0, 0.1) is 5.92 Å². The summed E-state index contributed by atoms with van der Waals surface area (Å²) >= 11 is 0. The van der Waals surface area contributed by atoms with Gasteiger partial charge in [0, 0.05) is 13.0 Å². The van der Waals surface area contributed by atoms with E-state index < -0.39 is 0 Å². The maximum Gasteiger partial charge on any atom is 0.127 e. The third kappa shape index (κ3) is 8.15. The average Bonchev–Trinajstić information content (AvgIpc) is 2.48. The highest BCUT2D eigenvalue weighted by Gasteiger charge is 2.20. The topological polar surface area (TPSA) is 46.9 Å². The lowest BCUT2D eigenvalue weighted by Crippen LogP contribution is -3.22. The number of methoxy groups -OCH3 is 1. The number of nitrogens with one attached hydrogen (secondary N) is 1. The minimum Gasteiger partial charge on any atom is -0.379 e.